The lowest BCUT2D eigenvalue weighted by Gasteiger charge is -2.09. The maximum Gasteiger partial charge on any atom is 0.411 e. The highest BCUT2D eigenvalue weighted by atomic mass is 16.5. The third kappa shape index (κ3) is 5.92. The number of benzene rings is 3. The van der Waals surface area contributed by atoms with Crippen molar-refractivity contribution in [2.45, 2.75) is 0 Å². The monoisotopic (exact) mass is 374 g/mol. The van der Waals surface area contributed by atoms with E-state index < -0.39 is 6.09 Å². The summed E-state index contributed by atoms with van der Waals surface area (Å²) < 4.78 is 10.3. The summed E-state index contributed by atoms with van der Waals surface area (Å²) in [4.78, 5) is 11.9. The first kappa shape index (κ1) is 19.0. The molecule has 0 unspecified atom stereocenters. The molecule has 0 bridgehead atoms. The zero-order valence-electron chi connectivity index (χ0n) is 15.6. The van der Waals surface area contributed by atoms with Crippen LogP contribution in [0.4, 0.5) is 21.9 Å². The molecule has 28 heavy (non-hydrogen) atoms. The molecule has 0 radical (unpaired) electrons. The number of nitrogens with one attached hydrogen (secondary N) is 2. The van der Waals surface area contributed by atoms with Crippen LogP contribution < -0.4 is 15.4 Å². The van der Waals surface area contributed by atoms with Gasteiger partial charge in [-0.25, -0.2) is 4.79 Å². The molecule has 0 spiro atoms. The Kier molecular flexibility index (Phi) is 6.68. The van der Waals surface area contributed by atoms with Gasteiger partial charge in [-0.2, -0.15) is 0 Å². The van der Waals surface area contributed by atoms with Crippen LogP contribution in [0.3, 0.4) is 0 Å². The first-order valence-electron chi connectivity index (χ1n) is 8.89. The summed E-state index contributed by atoms with van der Waals surface area (Å²) in [5.74, 6) is 0.808. The number of methoxy groups -OCH3 is 1. The van der Waals surface area contributed by atoms with E-state index in [9.17, 15) is 4.79 Å². The lowest BCUT2D eigenvalue weighted by atomic mass is 10.2. The first-order valence-corrected chi connectivity index (χ1v) is 8.89. The van der Waals surface area contributed by atoms with Gasteiger partial charge in [0.1, 0.15) is 12.4 Å². The van der Waals surface area contributed by atoms with Crippen LogP contribution in [0.15, 0.2) is 84.9 Å². The van der Waals surface area contributed by atoms with Crippen LogP contribution in [0.1, 0.15) is 5.56 Å². The number of anilines is 3. The van der Waals surface area contributed by atoms with Crippen LogP contribution in [0.25, 0.3) is 6.08 Å². The summed E-state index contributed by atoms with van der Waals surface area (Å²) in [5, 5.41) is 5.99. The molecule has 3 rings (SSSR count). The zero-order chi connectivity index (χ0) is 19.6. The Hall–Kier alpha value is -3.73. The van der Waals surface area contributed by atoms with Gasteiger partial charge in [0.15, 0.2) is 0 Å². The Morgan fingerprint density at radius 2 is 1.46 bits per heavy atom. The fourth-order valence-corrected chi connectivity index (χ4v) is 2.50. The second-order valence-electron chi connectivity index (χ2n) is 5.97. The maximum atomic E-state index is 11.9. The number of hydrogen-bond donors (Lipinski definition) is 2. The van der Waals surface area contributed by atoms with Gasteiger partial charge in [-0.3, -0.25) is 5.32 Å². The lowest BCUT2D eigenvalue weighted by Crippen LogP contribution is -2.13. The van der Waals surface area contributed by atoms with E-state index in [4.69, 9.17) is 9.47 Å². The third-order valence-corrected chi connectivity index (χ3v) is 3.93. The SMILES string of the molecule is COc1ccc(Nc2ccc(NC(=O)OC/C=C/c3ccccc3)cc2)cc1. The Labute approximate surface area is 164 Å². The predicted molar refractivity (Wildman–Crippen MR) is 113 cm³/mol. The van der Waals surface area contributed by atoms with Crippen molar-refractivity contribution in [2.24, 2.45) is 0 Å². The smallest absolute Gasteiger partial charge is 0.411 e. The first-order chi connectivity index (χ1) is 13.7. The van der Waals surface area contributed by atoms with Crippen molar-refractivity contribution < 1.29 is 14.3 Å². The summed E-state index contributed by atoms with van der Waals surface area (Å²) in [6.45, 7) is 0.206. The fourth-order valence-electron chi connectivity index (χ4n) is 2.50. The minimum Gasteiger partial charge on any atom is -0.497 e. The standard InChI is InChI=1S/C23H22N2O3/c1-27-22-15-13-20(14-16-22)24-19-9-11-21(12-10-19)25-23(26)28-17-5-8-18-6-3-2-4-7-18/h2-16,24H,17H2,1H3,(H,25,26)/b8-5+. The largest absolute Gasteiger partial charge is 0.497 e. The molecule has 1 amide bonds. The number of carbonyl (C=O) groups is 1. The molecule has 0 saturated carbocycles. The second-order valence-corrected chi connectivity index (χ2v) is 5.97. The molecule has 3 aromatic carbocycles. The molecule has 0 atom stereocenters. The molecular formula is C23H22N2O3. The molecule has 0 heterocycles. The van der Waals surface area contributed by atoms with Gasteiger partial charge in [0, 0.05) is 17.1 Å². The van der Waals surface area contributed by atoms with E-state index in [0.29, 0.717) is 5.69 Å². The van der Waals surface area contributed by atoms with Gasteiger partial charge < -0.3 is 14.8 Å². The molecule has 3 aromatic rings. The third-order valence-electron chi connectivity index (χ3n) is 3.93. The zero-order valence-corrected chi connectivity index (χ0v) is 15.6. The van der Waals surface area contributed by atoms with Gasteiger partial charge in [-0.15, -0.1) is 0 Å². The van der Waals surface area contributed by atoms with Crippen molar-refractivity contribution >= 4 is 29.2 Å². The summed E-state index contributed by atoms with van der Waals surface area (Å²) in [6.07, 6.45) is 3.22. The van der Waals surface area contributed by atoms with Gasteiger partial charge in [-0.05, 0) is 60.2 Å². The lowest BCUT2D eigenvalue weighted by molar-refractivity contribution is 0.174. The number of amides is 1. The van der Waals surface area contributed by atoms with Gasteiger partial charge in [0.25, 0.3) is 0 Å². The molecule has 142 valence electrons. The Morgan fingerprint density at radius 3 is 2.11 bits per heavy atom. The van der Waals surface area contributed by atoms with Crippen molar-refractivity contribution in [2.75, 3.05) is 24.4 Å². The number of ether oxygens (including phenoxy) is 2. The topological polar surface area (TPSA) is 59.6 Å². The van der Waals surface area contributed by atoms with Crippen LogP contribution in [-0.2, 0) is 4.74 Å². The quantitative estimate of drug-likeness (QED) is 0.557. The maximum absolute atomic E-state index is 11.9. The molecule has 5 heteroatoms. The van der Waals surface area contributed by atoms with E-state index in [-0.39, 0.29) is 6.61 Å². The molecule has 0 aliphatic rings. The summed E-state index contributed by atoms with van der Waals surface area (Å²) >= 11 is 0. The molecular weight excluding hydrogens is 352 g/mol. The average molecular weight is 374 g/mol. The highest BCUT2D eigenvalue weighted by Crippen LogP contribution is 2.21. The molecule has 0 aliphatic carbocycles. The highest BCUT2D eigenvalue weighted by molar-refractivity contribution is 5.85. The number of hydrogen-bond acceptors (Lipinski definition) is 4. The minimum absolute atomic E-state index is 0.206. The molecule has 0 aliphatic heterocycles. The van der Waals surface area contributed by atoms with Crippen LogP contribution in [0.2, 0.25) is 0 Å². The van der Waals surface area contributed by atoms with E-state index in [1.165, 1.54) is 0 Å². The molecule has 0 saturated heterocycles. The minimum atomic E-state index is -0.492. The van der Waals surface area contributed by atoms with Crippen molar-refractivity contribution in [1.29, 1.82) is 0 Å². The molecule has 2 N–H and O–H groups in total. The molecule has 0 fully saturated rings. The van der Waals surface area contributed by atoms with Gasteiger partial charge in [0.2, 0.25) is 0 Å². The van der Waals surface area contributed by atoms with Crippen LogP contribution in [0, 0.1) is 0 Å². The predicted octanol–water partition coefficient (Wildman–Crippen LogP) is 5.70. The van der Waals surface area contributed by atoms with Crippen molar-refractivity contribution in [3.8, 4) is 5.75 Å². The van der Waals surface area contributed by atoms with Gasteiger partial charge in [-0.1, -0.05) is 36.4 Å². The normalized spacial score (nSPS) is 10.5. The summed E-state index contributed by atoms with van der Waals surface area (Å²) in [7, 11) is 1.64. The average Bonchev–Trinajstić information content (AvgIpc) is 2.74. The van der Waals surface area contributed by atoms with E-state index in [0.717, 1.165) is 22.7 Å². The highest BCUT2D eigenvalue weighted by Gasteiger charge is 2.02. The van der Waals surface area contributed by atoms with E-state index >= 15 is 0 Å². The van der Waals surface area contributed by atoms with Crippen LogP contribution in [0.5, 0.6) is 5.75 Å². The Bertz CT molecular complexity index is 905. The summed E-state index contributed by atoms with van der Waals surface area (Å²) in [6, 6.07) is 24.9. The van der Waals surface area contributed by atoms with Crippen LogP contribution >= 0.6 is 0 Å². The Morgan fingerprint density at radius 1 is 0.857 bits per heavy atom. The van der Waals surface area contributed by atoms with Crippen LogP contribution in [-0.4, -0.2) is 19.8 Å². The summed E-state index contributed by atoms with van der Waals surface area (Å²) in [5.41, 5.74) is 3.59. The van der Waals surface area contributed by atoms with E-state index in [2.05, 4.69) is 10.6 Å². The molecule has 0 aromatic heterocycles. The van der Waals surface area contributed by atoms with E-state index in [1.54, 1.807) is 13.2 Å². The van der Waals surface area contributed by atoms with E-state index in [1.807, 2.05) is 84.9 Å². The van der Waals surface area contributed by atoms with Crippen molar-refractivity contribution in [3.63, 3.8) is 0 Å². The fraction of sp³-hybridized carbons (Fsp3) is 0.0870. The Balaban J connectivity index is 1.45. The van der Waals surface area contributed by atoms with Gasteiger partial charge in [0.05, 0.1) is 7.11 Å². The number of carbonyl (C=O) groups excluding carboxylic acids is 1. The number of rotatable bonds is 7. The molecule has 5 nitrogen and oxygen atoms in total. The van der Waals surface area contributed by atoms with Crippen molar-refractivity contribution in [3.05, 3.63) is 90.5 Å². The van der Waals surface area contributed by atoms with Gasteiger partial charge >= 0.3 is 6.09 Å². The van der Waals surface area contributed by atoms with Crippen molar-refractivity contribution in [1.82, 2.24) is 0 Å². The second kappa shape index (κ2) is 9.83.